The fourth-order valence-corrected chi connectivity index (χ4v) is 2.12. The number of hydrogen-bond acceptors (Lipinski definition) is 5. The third-order valence-electron chi connectivity index (χ3n) is 3.69. The predicted octanol–water partition coefficient (Wildman–Crippen LogP) is 0.853. The summed E-state index contributed by atoms with van der Waals surface area (Å²) in [5.41, 5.74) is 0.814. The highest BCUT2D eigenvalue weighted by Gasteiger charge is 2.29. The third kappa shape index (κ3) is 2.79. The van der Waals surface area contributed by atoms with Crippen LogP contribution in [0.4, 0.5) is 0 Å². The van der Waals surface area contributed by atoms with Crippen LogP contribution in [-0.2, 0) is 13.1 Å². The van der Waals surface area contributed by atoms with Gasteiger partial charge in [-0.05, 0) is 13.3 Å². The SMILES string of the molecule is CC[C@@H](C)N(C)C(=O)c1nc2c(o1)CN(CCO)C2. The van der Waals surface area contributed by atoms with Gasteiger partial charge in [-0.1, -0.05) is 6.92 Å². The van der Waals surface area contributed by atoms with E-state index in [1.165, 1.54) is 0 Å². The van der Waals surface area contributed by atoms with Gasteiger partial charge >= 0.3 is 5.91 Å². The lowest BCUT2D eigenvalue weighted by Crippen LogP contribution is -2.34. The van der Waals surface area contributed by atoms with Gasteiger partial charge in [-0.2, -0.15) is 0 Å². The van der Waals surface area contributed by atoms with E-state index in [2.05, 4.69) is 4.98 Å². The molecule has 6 nitrogen and oxygen atoms in total. The summed E-state index contributed by atoms with van der Waals surface area (Å²) in [5, 5.41) is 8.89. The van der Waals surface area contributed by atoms with E-state index in [0.717, 1.165) is 17.9 Å². The zero-order chi connectivity index (χ0) is 14.0. The van der Waals surface area contributed by atoms with E-state index in [1.807, 2.05) is 18.7 Å². The van der Waals surface area contributed by atoms with Crippen molar-refractivity contribution in [1.29, 1.82) is 0 Å². The van der Waals surface area contributed by atoms with Crippen LogP contribution in [0.5, 0.6) is 0 Å². The quantitative estimate of drug-likeness (QED) is 0.856. The molecule has 19 heavy (non-hydrogen) atoms. The zero-order valence-electron chi connectivity index (χ0n) is 11.7. The molecule has 0 aromatic carbocycles. The van der Waals surface area contributed by atoms with Crippen molar-refractivity contribution in [1.82, 2.24) is 14.8 Å². The van der Waals surface area contributed by atoms with Crippen molar-refractivity contribution in [2.45, 2.75) is 39.4 Å². The van der Waals surface area contributed by atoms with E-state index in [4.69, 9.17) is 9.52 Å². The predicted molar refractivity (Wildman–Crippen MR) is 69.5 cm³/mol. The molecule has 1 aliphatic heterocycles. The van der Waals surface area contributed by atoms with Gasteiger partial charge in [-0.25, -0.2) is 4.98 Å². The summed E-state index contributed by atoms with van der Waals surface area (Å²) in [6, 6.07) is 0.167. The molecule has 0 bridgehead atoms. The summed E-state index contributed by atoms with van der Waals surface area (Å²) in [7, 11) is 1.77. The number of fused-ring (bicyclic) bond motifs is 1. The van der Waals surface area contributed by atoms with E-state index >= 15 is 0 Å². The number of carbonyl (C=O) groups excluding carboxylic acids is 1. The van der Waals surface area contributed by atoms with Crippen molar-refractivity contribution in [2.75, 3.05) is 20.2 Å². The molecule has 1 aliphatic rings. The molecule has 106 valence electrons. The van der Waals surface area contributed by atoms with Gasteiger partial charge in [-0.15, -0.1) is 0 Å². The first-order chi connectivity index (χ1) is 9.06. The van der Waals surface area contributed by atoms with Crippen molar-refractivity contribution >= 4 is 5.91 Å². The first kappa shape index (κ1) is 14.0. The number of amides is 1. The van der Waals surface area contributed by atoms with Crippen LogP contribution in [0.15, 0.2) is 4.42 Å². The van der Waals surface area contributed by atoms with Gasteiger partial charge in [0, 0.05) is 26.2 Å². The molecule has 0 aliphatic carbocycles. The number of rotatable bonds is 5. The molecular formula is C13H21N3O3. The summed E-state index contributed by atoms with van der Waals surface area (Å²) in [5.74, 6) is 0.753. The van der Waals surface area contributed by atoms with Gasteiger partial charge in [0.2, 0.25) is 0 Å². The minimum absolute atomic E-state index is 0.118. The number of carbonyl (C=O) groups is 1. The minimum Gasteiger partial charge on any atom is -0.436 e. The summed E-state index contributed by atoms with van der Waals surface area (Å²) in [6.45, 7) is 6.01. The fourth-order valence-electron chi connectivity index (χ4n) is 2.12. The molecule has 1 amide bonds. The Labute approximate surface area is 113 Å². The second kappa shape index (κ2) is 5.71. The average Bonchev–Trinajstić information content (AvgIpc) is 2.94. The van der Waals surface area contributed by atoms with Crippen molar-refractivity contribution < 1.29 is 14.3 Å². The number of hydrogen-bond donors (Lipinski definition) is 1. The fraction of sp³-hybridized carbons (Fsp3) is 0.692. The summed E-state index contributed by atoms with van der Waals surface area (Å²) in [4.78, 5) is 20.1. The van der Waals surface area contributed by atoms with Gasteiger partial charge in [0.05, 0.1) is 18.8 Å². The zero-order valence-corrected chi connectivity index (χ0v) is 11.7. The van der Waals surface area contributed by atoms with Crippen molar-refractivity contribution in [3.05, 3.63) is 17.3 Å². The van der Waals surface area contributed by atoms with E-state index in [1.54, 1.807) is 11.9 Å². The molecular weight excluding hydrogens is 246 g/mol. The van der Waals surface area contributed by atoms with Gasteiger partial charge in [0.15, 0.2) is 0 Å². The Morgan fingerprint density at radius 2 is 2.32 bits per heavy atom. The van der Waals surface area contributed by atoms with Crippen LogP contribution in [0.2, 0.25) is 0 Å². The molecule has 1 aromatic heterocycles. The molecule has 0 spiro atoms. The average molecular weight is 267 g/mol. The minimum atomic E-state index is -0.169. The Kier molecular flexibility index (Phi) is 4.21. The largest absolute Gasteiger partial charge is 0.436 e. The molecule has 1 N–H and O–H groups in total. The topological polar surface area (TPSA) is 69.8 Å². The molecule has 1 aromatic rings. The first-order valence-electron chi connectivity index (χ1n) is 6.65. The molecule has 2 rings (SSSR count). The maximum Gasteiger partial charge on any atom is 0.309 e. The molecule has 1 atom stereocenters. The van der Waals surface area contributed by atoms with Crippen LogP contribution in [0.1, 0.15) is 42.4 Å². The van der Waals surface area contributed by atoms with Crippen LogP contribution in [0.25, 0.3) is 0 Å². The molecule has 0 fully saturated rings. The normalized spacial score (nSPS) is 16.4. The van der Waals surface area contributed by atoms with Gasteiger partial charge in [0.1, 0.15) is 5.76 Å². The number of aromatic nitrogens is 1. The molecule has 0 saturated carbocycles. The van der Waals surface area contributed by atoms with E-state index in [0.29, 0.717) is 19.6 Å². The van der Waals surface area contributed by atoms with Crippen molar-refractivity contribution in [3.8, 4) is 0 Å². The van der Waals surface area contributed by atoms with E-state index in [-0.39, 0.29) is 24.4 Å². The van der Waals surface area contributed by atoms with Crippen LogP contribution in [0, 0.1) is 0 Å². The van der Waals surface area contributed by atoms with Crippen LogP contribution >= 0.6 is 0 Å². The van der Waals surface area contributed by atoms with E-state index in [9.17, 15) is 4.79 Å². The number of aliphatic hydroxyl groups excluding tert-OH is 1. The van der Waals surface area contributed by atoms with Gasteiger partial charge in [0.25, 0.3) is 5.89 Å². The lowest BCUT2D eigenvalue weighted by atomic mass is 10.2. The summed E-state index contributed by atoms with van der Waals surface area (Å²) < 4.78 is 5.55. The number of β-amino-alcohol motifs (C(OH)–C–C–N with tert-alkyl or cyclic N) is 1. The Hall–Kier alpha value is -1.40. The lowest BCUT2D eigenvalue weighted by molar-refractivity contribution is 0.0695. The molecule has 2 heterocycles. The lowest BCUT2D eigenvalue weighted by Gasteiger charge is -2.22. The Bertz CT molecular complexity index is 434. The van der Waals surface area contributed by atoms with Gasteiger partial charge < -0.3 is 14.4 Å². The van der Waals surface area contributed by atoms with Crippen molar-refractivity contribution in [3.63, 3.8) is 0 Å². The third-order valence-corrected chi connectivity index (χ3v) is 3.69. The van der Waals surface area contributed by atoms with Crippen LogP contribution in [-0.4, -0.2) is 52.0 Å². The number of aliphatic hydroxyl groups is 1. The highest BCUT2D eigenvalue weighted by molar-refractivity contribution is 5.89. The maximum atomic E-state index is 12.2. The van der Waals surface area contributed by atoms with Gasteiger partial charge in [-0.3, -0.25) is 9.69 Å². The van der Waals surface area contributed by atoms with E-state index < -0.39 is 0 Å². The second-order valence-corrected chi connectivity index (χ2v) is 5.00. The molecule has 0 unspecified atom stereocenters. The highest BCUT2D eigenvalue weighted by atomic mass is 16.4. The Morgan fingerprint density at radius 3 is 2.89 bits per heavy atom. The summed E-state index contributed by atoms with van der Waals surface area (Å²) >= 11 is 0. The Balaban J connectivity index is 2.06. The van der Waals surface area contributed by atoms with Crippen molar-refractivity contribution in [2.24, 2.45) is 0 Å². The van der Waals surface area contributed by atoms with Crippen LogP contribution < -0.4 is 0 Å². The highest BCUT2D eigenvalue weighted by Crippen LogP contribution is 2.23. The molecule has 6 heteroatoms. The maximum absolute atomic E-state index is 12.2. The Morgan fingerprint density at radius 1 is 1.58 bits per heavy atom. The number of oxazole rings is 1. The standard InChI is InChI=1S/C13H21N3O3/c1-4-9(2)15(3)13(18)12-14-10-7-16(5-6-17)8-11(10)19-12/h9,17H,4-8H2,1-3H3/t9-/m1/s1. The monoisotopic (exact) mass is 267 g/mol. The first-order valence-corrected chi connectivity index (χ1v) is 6.65. The number of nitrogens with zero attached hydrogens (tertiary/aromatic N) is 3. The summed E-state index contributed by atoms with van der Waals surface area (Å²) in [6.07, 6.45) is 0.896. The second-order valence-electron chi connectivity index (χ2n) is 5.00. The molecule has 0 radical (unpaired) electrons. The van der Waals surface area contributed by atoms with Crippen LogP contribution in [0.3, 0.4) is 0 Å². The molecule has 0 saturated heterocycles. The smallest absolute Gasteiger partial charge is 0.309 e.